The Balaban J connectivity index is 1.64. The molecule has 1 amide bonds. The highest BCUT2D eigenvalue weighted by Crippen LogP contribution is 2.25. The molecule has 5 heteroatoms. The molecule has 3 aromatic carbocycles. The van der Waals surface area contributed by atoms with E-state index in [2.05, 4.69) is 37.9 Å². The van der Waals surface area contributed by atoms with E-state index in [0.29, 0.717) is 17.7 Å². The first-order valence-electron chi connectivity index (χ1n) is 11.1. The number of amides is 1. The summed E-state index contributed by atoms with van der Waals surface area (Å²) in [4.78, 5) is 18.4. The molecule has 1 aromatic heterocycles. The summed E-state index contributed by atoms with van der Waals surface area (Å²) < 4.78 is 13.3. The summed E-state index contributed by atoms with van der Waals surface area (Å²) in [6.45, 7) is 6.91. The number of hydrogen-bond donors (Lipinski definition) is 2. The number of hydrogen-bond acceptors (Lipinski definition) is 2. The van der Waals surface area contributed by atoms with Crippen molar-refractivity contribution in [2.75, 3.05) is 6.54 Å². The number of nitrogens with one attached hydrogen (secondary N) is 1. The number of aliphatic hydroxyl groups excluding tert-OH is 1. The second-order valence-electron chi connectivity index (χ2n) is 9.45. The second-order valence-corrected chi connectivity index (χ2v) is 9.45. The highest BCUT2D eigenvalue weighted by Gasteiger charge is 2.23. The van der Waals surface area contributed by atoms with Gasteiger partial charge in [0.05, 0.1) is 23.7 Å². The number of carbonyl (C=O) groups excluding carboxylic acids is 1. The van der Waals surface area contributed by atoms with Crippen LogP contribution in [0.25, 0.3) is 10.9 Å². The number of benzene rings is 3. The molecule has 2 N–H and O–H groups in total. The van der Waals surface area contributed by atoms with E-state index < -0.39 is 6.10 Å². The zero-order valence-electron chi connectivity index (χ0n) is 19.2. The van der Waals surface area contributed by atoms with Gasteiger partial charge < -0.3 is 15.0 Å². The standard InChI is InChI=1S/C28H29FN2O2/c1-28(2,3)22-11-7-19(8-12-22)17-31(18-25(32)20-9-13-23(29)14-10-20)27(33)24-6-4-5-21-15-16-30-26(21)24/h4-16,25,30,32H,17-18H2,1-3H3. The van der Waals surface area contributed by atoms with E-state index in [1.165, 1.54) is 17.7 Å². The van der Waals surface area contributed by atoms with Gasteiger partial charge in [-0.2, -0.15) is 0 Å². The van der Waals surface area contributed by atoms with E-state index in [-0.39, 0.29) is 23.7 Å². The summed E-state index contributed by atoms with van der Waals surface area (Å²) in [5.74, 6) is -0.541. The highest BCUT2D eigenvalue weighted by atomic mass is 19.1. The van der Waals surface area contributed by atoms with Crippen LogP contribution in [0.3, 0.4) is 0 Å². The Morgan fingerprint density at radius 1 is 1.00 bits per heavy atom. The number of para-hydroxylation sites is 1. The van der Waals surface area contributed by atoms with Gasteiger partial charge in [-0.1, -0.05) is 69.3 Å². The maximum atomic E-state index is 13.6. The van der Waals surface area contributed by atoms with Crippen molar-refractivity contribution in [3.8, 4) is 0 Å². The van der Waals surface area contributed by atoms with Gasteiger partial charge in [-0.3, -0.25) is 4.79 Å². The number of aliphatic hydroxyl groups is 1. The Morgan fingerprint density at radius 2 is 1.70 bits per heavy atom. The molecule has 1 unspecified atom stereocenters. The Bertz CT molecular complexity index is 1240. The normalized spacial score (nSPS) is 12.6. The van der Waals surface area contributed by atoms with Crippen LogP contribution in [0.4, 0.5) is 4.39 Å². The van der Waals surface area contributed by atoms with Gasteiger partial charge >= 0.3 is 0 Å². The minimum absolute atomic E-state index is 0.0378. The molecule has 4 aromatic rings. The fourth-order valence-corrected chi connectivity index (χ4v) is 3.98. The molecular formula is C28H29FN2O2. The number of nitrogens with zero attached hydrogens (tertiary/aromatic N) is 1. The van der Waals surface area contributed by atoms with Crippen LogP contribution < -0.4 is 0 Å². The zero-order valence-corrected chi connectivity index (χ0v) is 19.2. The van der Waals surface area contributed by atoms with Gasteiger partial charge in [0.1, 0.15) is 5.82 Å². The molecule has 0 radical (unpaired) electrons. The first-order chi connectivity index (χ1) is 15.7. The molecule has 0 aliphatic heterocycles. The molecular weight excluding hydrogens is 415 g/mol. The van der Waals surface area contributed by atoms with E-state index in [4.69, 9.17) is 0 Å². The SMILES string of the molecule is CC(C)(C)c1ccc(CN(CC(O)c2ccc(F)cc2)C(=O)c2cccc3cc[nH]c23)cc1. The third-order valence-electron chi connectivity index (χ3n) is 5.95. The molecule has 0 saturated carbocycles. The number of fused-ring (bicyclic) bond motifs is 1. The molecule has 1 heterocycles. The summed E-state index contributed by atoms with van der Waals surface area (Å²) in [5, 5.41) is 11.8. The maximum absolute atomic E-state index is 13.6. The second kappa shape index (κ2) is 9.20. The predicted molar refractivity (Wildman–Crippen MR) is 130 cm³/mol. The minimum Gasteiger partial charge on any atom is -0.387 e. The van der Waals surface area contributed by atoms with Crippen molar-refractivity contribution >= 4 is 16.8 Å². The highest BCUT2D eigenvalue weighted by molar-refractivity contribution is 6.05. The lowest BCUT2D eigenvalue weighted by atomic mass is 9.87. The van der Waals surface area contributed by atoms with Crippen molar-refractivity contribution in [1.82, 2.24) is 9.88 Å². The zero-order chi connectivity index (χ0) is 23.6. The summed E-state index contributed by atoms with van der Waals surface area (Å²) in [6, 6.07) is 21.5. The van der Waals surface area contributed by atoms with Crippen molar-refractivity contribution in [1.29, 1.82) is 0 Å². The quantitative estimate of drug-likeness (QED) is 0.384. The van der Waals surface area contributed by atoms with Crippen LogP contribution in [0.2, 0.25) is 0 Å². The van der Waals surface area contributed by atoms with Crippen LogP contribution in [-0.2, 0) is 12.0 Å². The van der Waals surface area contributed by atoms with Gasteiger partial charge in [-0.05, 0) is 46.4 Å². The Hall–Kier alpha value is -3.44. The van der Waals surface area contributed by atoms with Crippen molar-refractivity contribution < 1.29 is 14.3 Å². The molecule has 33 heavy (non-hydrogen) atoms. The van der Waals surface area contributed by atoms with Gasteiger partial charge in [-0.15, -0.1) is 0 Å². The minimum atomic E-state index is -0.939. The molecule has 0 fully saturated rings. The fourth-order valence-electron chi connectivity index (χ4n) is 3.98. The van der Waals surface area contributed by atoms with Crippen LogP contribution in [0.5, 0.6) is 0 Å². The molecule has 0 aliphatic rings. The Kier molecular flexibility index (Phi) is 6.34. The van der Waals surface area contributed by atoms with E-state index in [9.17, 15) is 14.3 Å². The van der Waals surface area contributed by atoms with Crippen LogP contribution in [0.15, 0.2) is 79.0 Å². The lowest BCUT2D eigenvalue weighted by Gasteiger charge is -2.27. The third kappa shape index (κ3) is 5.15. The maximum Gasteiger partial charge on any atom is 0.256 e. The predicted octanol–water partition coefficient (Wildman–Crippen LogP) is 5.98. The van der Waals surface area contributed by atoms with Gasteiger partial charge in [0, 0.05) is 18.1 Å². The third-order valence-corrected chi connectivity index (χ3v) is 5.95. The van der Waals surface area contributed by atoms with Crippen molar-refractivity contribution in [3.05, 3.63) is 107 Å². The largest absolute Gasteiger partial charge is 0.387 e. The Labute approximate surface area is 193 Å². The van der Waals surface area contributed by atoms with E-state index in [1.807, 2.05) is 36.5 Å². The number of rotatable bonds is 6. The monoisotopic (exact) mass is 444 g/mol. The Morgan fingerprint density at radius 3 is 2.36 bits per heavy atom. The topological polar surface area (TPSA) is 56.3 Å². The van der Waals surface area contributed by atoms with Crippen LogP contribution >= 0.6 is 0 Å². The van der Waals surface area contributed by atoms with E-state index in [1.54, 1.807) is 23.1 Å². The molecule has 0 bridgehead atoms. The summed E-state index contributed by atoms with van der Waals surface area (Å²) in [6.07, 6.45) is 0.871. The summed E-state index contributed by atoms with van der Waals surface area (Å²) >= 11 is 0. The smallest absolute Gasteiger partial charge is 0.256 e. The van der Waals surface area contributed by atoms with Crippen molar-refractivity contribution in [2.24, 2.45) is 0 Å². The number of aromatic amines is 1. The molecule has 0 spiro atoms. The van der Waals surface area contributed by atoms with Gasteiger partial charge in [-0.25, -0.2) is 4.39 Å². The lowest BCUT2D eigenvalue weighted by molar-refractivity contribution is 0.0605. The van der Waals surface area contributed by atoms with Gasteiger partial charge in [0.25, 0.3) is 5.91 Å². The van der Waals surface area contributed by atoms with Crippen molar-refractivity contribution in [2.45, 2.75) is 38.8 Å². The summed E-state index contributed by atoms with van der Waals surface area (Å²) in [5.41, 5.74) is 4.11. The average molecular weight is 445 g/mol. The number of aromatic nitrogens is 1. The molecule has 0 aliphatic carbocycles. The van der Waals surface area contributed by atoms with Crippen LogP contribution in [0, 0.1) is 5.82 Å². The molecule has 4 nitrogen and oxygen atoms in total. The van der Waals surface area contributed by atoms with Crippen molar-refractivity contribution in [3.63, 3.8) is 0 Å². The van der Waals surface area contributed by atoms with E-state index in [0.717, 1.165) is 16.5 Å². The first kappa shape index (κ1) is 22.7. The fraction of sp³-hybridized carbons (Fsp3) is 0.250. The van der Waals surface area contributed by atoms with Crippen LogP contribution in [-0.4, -0.2) is 27.4 Å². The molecule has 1 atom stereocenters. The van der Waals surface area contributed by atoms with Gasteiger partial charge in [0.2, 0.25) is 0 Å². The lowest BCUT2D eigenvalue weighted by Crippen LogP contribution is -2.34. The average Bonchev–Trinajstić information content (AvgIpc) is 3.27. The van der Waals surface area contributed by atoms with Crippen LogP contribution in [0.1, 0.15) is 53.9 Å². The van der Waals surface area contributed by atoms with E-state index >= 15 is 0 Å². The molecule has 0 saturated heterocycles. The van der Waals surface area contributed by atoms with Gasteiger partial charge in [0.15, 0.2) is 0 Å². The first-order valence-corrected chi connectivity index (χ1v) is 11.1. The molecule has 170 valence electrons. The summed E-state index contributed by atoms with van der Waals surface area (Å²) in [7, 11) is 0. The molecule has 4 rings (SSSR count). The number of H-pyrrole nitrogens is 1. The number of halogens is 1. The number of carbonyl (C=O) groups is 1.